The van der Waals surface area contributed by atoms with Crippen LogP contribution in [0.15, 0.2) is 4.79 Å². The molecule has 1 aliphatic rings. The zero-order chi connectivity index (χ0) is 11.9. The zero-order valence-corrected chi connectivity index (χ0v) is 9.08. The summed E-state index contributed by atoms with van der Waals surface area (Å²) in [6.07, 6.45) is 0.236. The van der Waals surface area contributed by atoms with Crippen LogP contribution in [0.25, 0.3) is 0 Å². The van der Waals surface area contributed by atoms with Gasteiger partial charge in [-0.15, -0.1) is 0 Å². The van der Waals surface area contributed by atoms with Gasteiger partial charge in [-0.1, -0.05) is 0 Å². The minimum atomic E-state index is -3.21. The lowest BCUT2D eigenvalue weighted by Gasteiger charge is -2.09. The number of aromatic amines is 1. The van der Waals surface area contributed by atoms with Crippen molar-refractivity contribution in [3.8, 4) is 0 Å². The molecule has 0 unspecified atom stereocenters. The fourth-order valence-electron chi connectivity index (χ4n) is 1.73. The number of hydrogen-bond donors (Lipinski definition) is 2. The number of carbonyl (C=O) groups is 1. The normalized spacial score (nSPS) is 18.0. The first-order valence-corrected chi connectivity index (χ1v) is 6.44. The van der Waals surface area contributed by atoms with E-state index in [2.05, 4.69) is 5.10 Å². The number of carboxylic acids is 1. The van der Waals surface area contributed by atoms with Gasteiger partial charge in [-0.25, -0.2) is 13.1 Å². The first-order chi connectivity index (χ1) is 7.39. The number of hydrogen-bond acceptors (Lipinski definition) is 4. The van der Waals surface area contributed by atoms with Crippen molar-refractivity contribution in [1.82, 2.24) is 9.78 Å². The predicted octanol–water partition coefficient (Wildman–Crippen LogP) is -1.27. The quantitative estimate of drug-likeness (QED) is 0.676. The van der Waals surface area contributed by atoms with Gasteiger partial charge in [0.2, 0.25) is 0 Å². The molecule has 0 saturated carbocycles. The number of H-pyrrole nitrogens is 1. The van der Waals surface area contributed by atoms with Crippen molar-refractivity contribution in [2.24, 2.45) is 0 Å². The Labute approximate surface area is 90.6 Å². The maximum atomic E-state index is 11.6. The van der Waals surface area contributed by atoms with Gasteiger partial charge in [-0.2, -0.15) is 0 Å². The first kappa shape index (κ1) is 10.9. The van der Waals surface area contributed by atoms with Gasteiger partial charge in [-0.05, 0) is 0 Å². The van der Waals surface area contributed by atoms with E-state index in [1.165, 1.54) is 0 Å². The monoisotopic (exact) mass is 246 g/mol. The lowest BCUT2D eigenvalue weighted by molar-refractivity contribution is -0.137. The summed E-state index contributed by atoms with van der Waals surface area (Å²) in [6.45, 7) is -0.480. The van der Waals surface area contributed by atoms with Crippen LogP contribution in [0.2, 0.25) is 0 Å². The summed E-state index contributed by atoms with van der Waals surface area (Å²) < 4.78 is 23.6. The molecule has 1 aromatic heterocycles. The maximum Gasteiger partial charge on any atom is 0.325 e. The molecule has 0 bridgehead atoms. The Morgan fingerprint density at radius 2 is 2.19 bits per heavy atom. The number of aryl methyl sites for hydroxylation is 1. The van der Waals surface area contributed by atoms with Gasteiger partial charge >= 0.3 is 5.97 Å². The number of sulfone groups is 1. The van der Waals surface area contributed by atoms with Crippen molar-refractivity contribution < 1.29 is 18.3 Å². The van der Waals surface area contributed by atoms with E-state index in [1.807, 2.05) is 0 Å². The van der Waals surface area contributed by atoms with Gasteiger partial charge in [0.25, 0.3) is 5.56 Å². The summed E-state index contributed by atoms with van der Waals surface area (Å²) in [6, 6.07) is 0. The summed E-state index contributed by atoms with van der Waals surface area (Å²) >= 11 is 0. The molecule has 0 amide bonds. The van der Waals surface area contributed by atoms with Crippen LogP contribution in [0.1, 0.15) is 11.3 Å². The Kier molecular flexibility index (Phi) is 2.38. The molecule has 1 aromatic rings. The molecule has 0 aliphatic carbocycles. The fourth-order valence-corrected chi connectivity index (χ4v) is 3.12. The highest BCUT2D eigenvalue weighted by atomic mass is 32.2. The van der Waals surface area contributed by atoms with E-state index in [1.54, 1.807) is 0 Å². The summed E-state index contributed by atoms with van der Waals surface area (Å²) in [4.78, 5) is 22.1. The topological polar surface area (TPSA) is 109 Å². The lowest BCUT2D eigenvalue weighted by atomic mass is 10.2. The van der Waals surface area contributed by atoms with Crippen LogP contribution < -0.4 is 5.56 Å². The summed E-state index contributed by atoms with van der Waals surface area (Å²) in [5, 5.41) is 11.2. The zero-order valence-electron chi connectivity index (χ0n) is 8.26. The highest BCUT2D eigenvalue weighted by molar-refractivity contribution is 7.90. The molecule has 2 N–H and O–H groups in total. The highest BCUT2D eigenvalue weighted by Crippen LogP contribution is 2.15. The summed E-state index contributed by atoms with van der Waals surface area (Å²) in [5.74, 6) is -1.46. The second kappa shape index (κ2) is 3.48. The number of rotatable bonds is 2. The van der Waals surface area contributed by atoms with Gasteiger partial charge in [0.05, 0.1) is 17.1 Å². The molecule has 0 aromatic carbocycles. The van der Waals surface area contributed by atoms with Gasteiger partial charge in [0.15, 0.2) is 9.84 Å². The number of nitrogens with zero attached hydrogens (tertiary/aromatic N) is 1. The molecule has 0 fully saturated rings. The van der Waals surface area contributed by atoms with Crippen LogP contribution in [0.5, 0.6) is 0 Å². The second-order valence-electron chi connectivity index (χ2n) is 3.70. The van der Waals surface area contributed by atoms with Gasteiger partial charge in [-0.3, -0.25) is 14.7 Å². The second-order valence-corrected chi connectivity index (χ2v) is 5.88. The number of aromatic nitrogens is 2. The fraction of sp³-hybridized carbons (Fsp3) is 0.500. The van der Waals surface area contributed by atoms with Crippen LogP contribution >= 0.6 is 0 Å². The van der Waals surface area contributed by atoms with E-state index >= 15 is 0 Å². The molecule has 0 atom stereocenters. The van der Waals surface area contributed by atoms with Gasteiger partial charge in [0.1, 0.15) is 6.54 Å². The van der Waals surface area contributed by atoms with Crippen LogP contribution in [-0.2, 0) is 33.4 Å². The van der Waals surface area contributed by atoms with Crippen LogP contribution in [0.4, 0.5) is 0 Å². The third-order valence-electron chi connectivity index (χ3n) is 2.46. The number of nitrogens with one attached hydrogen (secondary N) is 1. The molecule has 0 radical (unpaired) electrons. The van der Waals surface area contributed by atoms with Crippen molar-refractivity contribution in [3.63, 3.8) is 0 Å². The first-order valence-electron chi connectivity index (χ1n) is 4.62. The summed E-state index contributed by atoms with van der Waals surface area (Å²) in [7, 11) is -3.21. The Morgan fingerprint density at radius 3 is 2.81 bits per heavy atom. The lowest BCUT2D eigenvalue weighted by Crippen LogP contribution is -2.26. The standard InChI is InChI=1S/C8H10N2O5S/c11-7(12)3-10-8(13)5-4-16(14,15)2-1-6(5)9-10/h9H,1-4H2,(H,11,12). The Bertz CT molecular complexity index is 594. The van der Waals surface area contributed by atoms with E-state index in [0.29, 0.717) is 5.69 Å². The smallest absolute Gasteiger partial charge is 0.325 e. The Morgan fingerprint density at radius 1 is 1.50 bits per heavy atom. The largest absolute Gasteiger partial charge is 0.480 e. The highest BCUT2D eigenvalue weighted by Gasteiger charge is 2.26. The van der Waals surface area contributed by atoms with E-state index in [0.717, 1.165) is 4.68 Å². The van der Waals surface area contributed by atoms with Crippen molar-refractivity contribution >= 4 is 15.8 Å². The van der Waals surface area contributed by atoms with Crippen LogP contribution in [0.3, 0.4) is 0 Å². The average molecular weight is 246 g/mol. The molecule has 7 nitrogen and oxygen atoms in total. The molecular weight excluding hydrogens is 236 g/mol. The number of fused-ring (bicyclic) bond motifs is 1. The van der Waals surface area contributed by atoms with Gasteiger partial charge in [0, 0.05) is 12.1 Å². The number of aliphatic carboxylic acids is 1. The molecule has 0 spiro atoms. The minimum Gasteiger partial charge on any atom is -0.480 e. The van der Waals surface area contributed by atoms with E-state index in [-0.39, 0.29) is 23.5 Å². The van der Waals surface area contributed by atoms with Crippen LogP contribution in [-0.4, -0.2) is 35.0 Å². The maximum absolute atomic E-state index is 11.6. The average Bonchev–Trinajstić information content (AvgIpc) is 2.43. The number of carboxylic acid groups (broad SMARTS) is 1. The Balaban J connectivity index is 2.46. The predicted molar refractivity (Wildman–Crippen MR) is 53.9 cm³/mol. The van der Waals surface area contributed by atoms with Crippen molar-refractivity contribution in [3.05, 3.63) is 21.6 Å². The molecule has 2 heterocycles. The van der Waals surface area contributed by atoms with Crippen molar-refractivity contribution in [2.75, 3.05) is 5.75 Å². The molecular formula is C8H10N2O5S. The molecule has 8 heteroatoms. The molecule has 1 aliphatic heterocycles. The molecule has 16 heavy (non-hydrogen) atoms. The Hall–Kier alpha value is -1.57. The van der Waals surface area contributed by atoms with Crippen molar-refractivity contribution in [1.29, 1.82) is 0 Å². The third-order valence-corrected chi connectivity index (χ3v) is 4.01. The van der Waals surface area contributed by atoms with Gasteiger partial charge < -0.3 is 5.11 Å². The summed E-state index contributed by atoms with van der Waals surface area (Å²) in [5.41, 5.74) is 0.147. The van der Waals surface area contributed by atoms with Crippen molar-refractivity contribution in [2.45, 2.75) is 18.7 Å². The molecule has 2 rings (SSSR count). The molecule has 88 valence electrons. The van der Waals surface area contributed by atoms with Crippen LogP contribution in [0, 0.1) is 0 Å². The third kappa shape index (κ3) is 1.87. The molecule has 0 saturated heterocycles. The van der Waals surface area contributed by atoms with E-state index in [4.69, 9.17) is 5.11 Å². The SMILES string of the molecule is O=C(O)Cn1[nH]c2c(c1=O)CS(=O)(=O)CC2. The van der Waals surface area contributed by atoms with E-state index in [9.17, 15) is 18.0 Å². The van der Waals surface area contributed by atoms with E-state index < -0.39 is 27.9 Å². The minimum absolute atomic E-state index is 0.00692.